The summed E-state index contributed by atoms with van der Waals surface area (Å²) in [6, 6.07) is 10.1. The second kappa shape index (κ2) is 9.71. The van der Waals surface area contributed by atoms with E-state index in [4.69, 9.17) is 9.31 Å². The van der Waals surface area contributed by atoms with Crippen LogP contribution in [0.2, 0.25) is 5.82 Å². The molecule has 1 saturated heterocycles. The summed E-state index contributed by atoms with van der Waals surface area (Å²) in [4.78, 5) is 0. The monoisotopic (exact) mass is 394 g/mol. The summed E-state index contributed by atoms with van der Waals surface area (Å²) in [5.74, 6) is -2.95. The van der Waals surface area contributed by atoms with E-state index in [9.17, 15) is 8.78 Å². The highest BCUT2D eigenvalue weighted by Crippen LogP contribution is 2.45. The predicted molar refractivity (Wildman–Crippen MR) is 113 cm³/mol. The van der Waals surface area contributed by atoms with Crippen molar-refractivity contribution >= 4 is 7.12 Å². The maximum absolute atomic E-state index is 14.8. The van der Waals surface area contributed by atoms with E-state index in [-0.39, 0.29) is 18.7 Å². The van der Waals surface area contributed by atoms with E-state index in [0.717, 1.165) is 25.7 Å². The summed E-state index contributed by atoms with van der Waals surface area (Å²) in [6.45, 7) is 10.00. The lowest BCUT2D eigenvalue weighted by atomic mass is 9.66. The van der Waals surface area contributed by atoms with Gasteiger partial charge in [0.2, 0.25) is 5.92 Å². The summed E-state index contributed by atoms with van der Waals surface area (Å²) in [5, 5.41) is 0. The molecule has 0 unspecified atom stereocenters. The molecule has 1 heterocycles. The second-order valence-electron chi connectivity index (χ2n) is 9.28. The van der Waals surface area contributed by atoms with Gasteiger partial charge in [-0.3, -0.25) is 0 Å². The van der Waals surface area contributed by atoms with Gasteiger partial charge in [0.1, 0.15) is 0 Å². The number of unbranched alkanes of at least 4 members (excludes halogenated alkanes) is 2. The Kier molecular flexibility index (Phi) is 8.10. The molecule has 0 aromatic heterocycles. The molecule has 0 amide bonds. The summed E-state index contributed by atoms with van der Waals surface area (Å²) in [7, 11) is -0.549. The Balaban J connectivity index is 1.89. The third-order valence-electron chi connectivity index (χ3n) is 6.25. The lowest BCUT2D eigenvalue weighted by molar-refractivity contribution is -0.0230. The van der Waals surface area contributed by atoms with E-state index in [1.165, 1.54) is 5.56 Å². The highest BCUT2D eigenvalue weighted by Gasteiger charge is 2.54. The molecule has 1 fully saturated rings. The van der Waals surface area contributed by atoms with Gasteiger partial charge >= 0.3 is 7.12 Å². The van der Waals surface area contributed by atoms with Crippen molar-refractivity contribution in [3.05, 3.63) is 35.9 Å². The zero-order chi connectivity index (χ0) is 20.8. The van der Waals surface area contributed by atoms with Crippen LogP contribution in [0.4, 0.5) is 8.78 Å². The van der Waals surface area contributed by atoms with Gasteiger partial charge in [0.05, 0.1) is 11.2 Å². The van der Waals surface area contributed by atoms with Crippen LogP contribution >= 0.6 is 0 Å². The van der Waals surface area contributed by atoms with E-state index >= 15 is 0 Å². The Hall–Kier alpha value is -0.935. The van der Waals surface area contributed by atoms with Gasteiger partial charge in [0.15, 0.2) is 0 Å². The zero-order valence-corrected chi connectivity index (χ0v) is 18.3. The molecule has 1 aromatic carbocycles. The van der Waals surface area contributed by atoms with Crippen molar-refractivity contribution < 1.29 is 18.1 Å². The van der Waals surface area contributed by atoms with Crippen molar-refractivity contribution in [1.29, 1.82) is 0 Å². The summed E-state index contributed by atoms with van der Waals surface area (Å²) >= 11 is 0. The molecule has 1 aliphatic rings. The topological polar surface area (TPSA) is 18.5 Å². The average molecular weight is 394 g/mol. The maximum Gasteiger partial charge on any atom is 0.461 e. The van der Waals surface area contributed by atoms with Gasteiger partial charge in [-0.2, -0.15) is 0 Å². The maximum atomic E-state index is 14.8. The predicted octanol–water partition coefficient (Wildman–Crippen LogP) is 7.08. The number of rotatable bonds is 11. The number of benzene rings is 1. The number of aryl methyl sites for hydroxylation is 1. The molecule has 158 valence electrons. The van der Waals surface area contributed by atoms with Crippen LogP contribution in [0.25, 0.3) is 0 Å². The van der Waals surface area contributed by atoms with Crippen LogP contribution in [0.5, 0.6) is 0 Å². The minimum absolute atomic E-state index is 0.0675. The van der Waals surface area contributed by atoms with Crippen LogP contribution in [0.1, 0.15) is 85.1 Å². The van der Waals surface area contributed by atoms with Crippen LogP contribution in [0.3, 0.4) is 0 Å². The summed E-state index contributed by atoms with van der Waals surface area (Å²) in [5.41, 5.74) is 0.254. The minimum atomic E-state index is -2.68. The molecule has 0 bridgehead atoms. The van der Waals surface area contributed by atoms with Crippen LogP contribution in [0, 0.1) is 0 Å². The van der Waals surface area contributed by atoms with E-state index in [0.29, 0.717) is 12.8 Å². The van der Waals surface area contributed by atoms with Crippen LogP contribution in [-0.2, 0) is 15.7 Å². The van der Waals surface area contributed by atoms with Gasteiger partial charge in [0.25, 0.3) is 0 Å². The molecule has 0 aliphatic carbocycles. The Labute approximate surface area is 170 Å². The lowest BCUT2D eigenvalue weighted by Gasteiger charge is -2.32. The van der Waals surface area contributed by atoms with Gasteiger partial charge in [0, 0.05) is 12.8 Å². The fourth-order valence-corrected chi connectivity index (χ4v) is 3.72. The molecule has 2 rings (SSSR count). The largest absolute Gasteiger partial charge is 0.461 e. The summed E-state index contributed by atoms with van der Waals surface area (Å²) in [6.07, 6.45) is 4.57. The first kappa shape index (κ1) is 23.3. The molecule has 1 aliphatic heterocycles. The van der Waals surface area contributed by atoms with Gasteiger partial charge in [-0.05, 0) is 58.3 Å². The third kappa shape index (κ3) is 6.55. The van der Waals surface area contributed by atoms with Crippen molar-refractivity contribution in [2.45, 2.75) is 109 Å². The standard InChI is InChI=1S/C23H37BF2O2/c1-6-7-16-20(24-27-21(2,3)22(4,5)28-24)18-23(25,26)17-12-11-15-19-13-9-8-10-14-19/h8-10,13-14,20H,6-7,11-12,15-18H2,1-5H3/t20-/m0/s1. The molecule has 5 heteroatoms. The number of halogens is 2. The van der Waals surface area contributed by atoms with Crippen LogP contribution in [-0.4, -0.2) is 24.2 Å². The smallest absolute Gasteiger partial charge is 0.403 e. The van der Waals surface area contributed by atoms with E-state index in [2.05, 4.69) is 19.1 Å². The van der Waals surface area contributed by atoms with Gasteiger partial charge < -0.3 is 9.31 Å². The van der Waals surface area contributed by atoms with Gasteiger partial charge in [-0.25, -0.2) is 8.78 Å². The molecule has 0 N–H and O–H groups in total. The highest BCUT2D eigenvalue weighted by atomic mass is 19.3. The fourth-order valence-electron chi connectivity index (χ4n) is 3.72. The molecular formula is C23H37BF2O2. The first-order valence-electron chi connectivity index (χ1n) is 10.8. The minimum Gasteiger partial charge on any atom is -0.403 e. The third-order valence-corrected chi connectivity index (χ3v) is 6.25. The van der Waals surface area contributed by atoms with Gasteiger partial charge in [-0.15, -0.1) is 0 Å². The molecule has 28 heavy (non-hydrogen) atoms. The first-order valence-corrected chi connectivity index (χ1v) is 10.8. The molecule has 0 spiro atoms. The van der Waals surface area contributed by atoms with Crippen LogP contribution < -0.4 is 0 Å². The Morgan fingerprint density at radius 1 is 0.964 bits per heavy atom. The van der Waals surface area contributed by atoms with Crippen LogP contribution in [0.15, 0.2) is 30.3 Å². The van der Waals surface area contributed by atoms with Crippen molar-refractivity contribution in [3.63, 3.8) is 0 Å². The quantitative estimate of drug-likeness (QED) is 0.295. The lowest BCUT2D eigenvalue weighted by Crippen LogP contribution is -2.41. The molecular weight excluding hydrogens is 357 g/mol. The van der Waals surface area contributed by atoms with Crippen molar-refractivity contribution in [2.75, 3.05) is 0 Å². The molecule has 0 saturated carbocycles. The van der Waals surface area contributed by atoms with E-state index in [1.54, 1.807) is 0 Å². The summed E-state index contributed by atoms with van der Waals surface area (Å²) < 4.78 is 41.7. The molecule has 1 atom stereocenters. The Bertz CT molecular complexity index is 574. The highest BCUT2D eigenvalue weighted by molar-refractivity contribution is 6.47. The number of hydrogen-bond acceptors (Lipinski definition) is 2. The van der Waals surface area contributed by atoms with Gasteiger partial charge in [-0.1, -0.05) is 56.5 Å². The second-order valence-corrected chi connectivity index (χ2v) is 9.28. The molecule has 0 radical (unpaired) electrons. The normalized spacial score (nSPS) is 19.8. The SMILES string of the molecule is CCCC[C@@H](CC(F)(F)CCCCc1ccccc1)B1OC(C)(C)C(C)(C)O1. The van der Waals surface area contributed by atoms with Crippen molar-refractivity contribution in [1.82, 2.24) is 0 Å². The van der Waals surface area contributed by atoms with Crippen molar-refractivity contribution in [3.8, 4) is 0 Å². The zero-order valence-electron chi connectivity index (χ0n) is 18.3. The average Bonchev–Trinajstić information content (AvgIpc) is 2.84. The van der Waals surface area contributed by atoms with Crippen molar-refractivity contribution in [2.24, 2.45) is 0 Å². The van der Waals surface area contributed by atoms with E-state index < -0.39 is 24.2 Å². The Morgan fingerprint density at radius 3 is 2.14 bits per heavy atom. The number of alkyl halides is 2. The molecule has 2 nitrogen and oxygen atoms in total. The number of hydrogen-bond donors (Lipinski definition) is 0. The first-order chi connectivity index (χ1) is 13.1. The fraction of sp³-hybridized carbons (Fsp3) is 0.739. The molecule has 1 aromatic rings. The Morgan fingerprint density at radius 2 is 1.57 bits per heavy atom. The van der Waals surface area contributed by atoms with E-state index in [1.807, 2.05) is 45.9 Å².